The van der Waals surface area contributed by atoms with Crippen molar-refractivity contribution in [3.63, 3.8) is 0 Å². The predicted octanol–water partition coefficient (Wildman–Crippen LogP) is 4.72. The van der Waals surface area contributed by atoms with Gasteiger partial charge in [0.15, 0.2) is 0 Å². The fourth-order valence-electron chi connectivity index (χ4n) is 4.63. The molecular weight excluding hydrogens is 344 g/mol. The van der Waals surface area contributed by atoms with Gasteiger partial charge in [-0.25, -0.2) is 0 Å². The van der Waals surface area contributed by atoms with Gasteiger partial charge in [0.05, 0.1) is 11.4 Å². The van der Waals surface area contributed by atoms with E-state index in [2.05, 4.69) is 80.6 Å². The van der Waals surface area contributed by atoms with Crippen molar-refractivity contribution in [3.8, 4) is 0 Å². The number of nitrogens with zero attached hydrogens (tertiary/aromatic N) is 4. The van der Waals surface area contributed by atoms with Crippen molar-refractivity contribution in [2.45, 2.75) is 23.7 Å². The smallest absolute Gasteiger partial charge is 0.0630 e. The standard InChI is InChI=1S/C24H20N4/c1-3-7-17(8-4-1)21-23(19-15-25-11-13-27-19)22(18-9-5-2-6-10-18)24(21)20-16-26-12-14-28-20/h1-16,21-24H/t21-,22-,23-,24-. The minimum Gasteiger partial charge on any atom is -0.261 e. The van der Waals surface area contributed by atoms with Gasteiger partial charge >= 0.3 is 0 Å². The van der Waals surface area contributed by atoms with Gasteiger partial charge in [0.2, 0.25) is 0 Å². The van der Waals surface area contributed by atoms with Crippen LogP contribution in [0.1, 0.15) is 46.2 Å². The minimum absolute atomic E-state index is 0.241. The molecule has 2 aromatic carbocycles. The molecule has 0 unspecified atom stereocenters. The van der Waals surface area contributed by atoms with Crippen molar-refractivity contribution in [3.05, 3.63) is 120 Å². The third-order valence-electron chi connectivity index (χ3n) is 5.77. The summed E-state index contributed by atoms with van der Waals surface area (Å²) < 4.78 is 0. The van der Waals surface area contributed by atoms with E-state index in [1.165, 1.54) is 11.1 Å². The van der Waals surface area contributed by atoms with Gasteiger partial charge in [-0.05, 0) is 11.1 Å². The first kappa shape index (κ1) is 16.8. The molecule has 0 radical (unpaired) electrons. The third-order valence-corrected chi connectivity index (χ3v) is 5.77. The summed E-state index contributed by atoms with van der Waals surface area (Å²) in [6, 6.07) is 21.4. The molecule has 4 nitrogen and oxygen atoms in total. The van der Waals surface area contributed by atoms with Gasteiger partial charge < -0.3 is 0 Å². The first-order valence-electron chi connectivity index (χ1n) is 9.55. The molecule has 4 aromatic rings. The van der Waals surface area contributed by atoms with E-state index in [0.29, 0.717) is 0 Å². The van der Waals surface area contributed by atoms with Gasteiger partial charge in [-0.3, -0.25) is 19.9 Å². The Morgan fingerprint density at radius 2 is 0.893 bits per heavy atom. The average Bonchev–Trinajstić information content (AvgIpc) is 2.76. The lowest BCUT2D eigenvalue weighted by molar-refractivity contribution is 0.219. The molecule has 0 amide bonds. The molecular formula is C24H20N4. The summed E-state index contributed by atoms with van der Waals surface area (Å²) >= 11 is 0. The fourth-order valence-corrected chi connectivity index (χ4v) is 4.63. The average molecular weight is 364 g/mol. The molecule has 4 heteroatoms. The van der Waals surface area contributed by atoms with E-state index in [-0.39, 0.29) is 23.7 Å². The molecule has 0 saturated heterocycles. The van der Waals surface area contributed by atoms with Gasteiger partial charge in [-0.1, -0.05) is 60.7 Å². The molecule has 1 aliphatic rings. The molecule has 1 fully saturated rings. The van der Waals surface area contributed by atoms with E-state index < -0.39 is 0 Å². The molecule has 0 spiro atoms. The summed E-state index contributed by atoms with van der Waals surface area (Å²) in [4.78, 5) is 18.1. The summed E-state index contributed by atoms with van der Waals surface area (Å²) in [7, 11) is 0. The van der Waals surface area contributed by atoms with E-state index in [4.69, 9.17) is 0 Å². The third kappa shape index (κ3) is 2.87. The van der Waals surface area contributed by atoms with Crippen LogP contribution >= 0.6 is 0 Å². The zero-order valence-corrected chi connectivity index (χ0v) is 15.3. The van der Waals surface area contributed by atoms with Crippen LogP contribution in [0.5, 0.6) is 0 Å². The van der Waals surface area contributed by atoms with E-state index in [1.807, 2.05) is 12.4 Å². The monoisotopic (exact) mass is 364 g/mol. The Bertz CT molecular complexity index is 841. The van der Waals surface area contributed by atoms with Crippen molar-refractivity contribution >= 4 is 0 Å². The number of benzene rings is 2. The van der Waals surface area contributed by atoms with Crippen LogP contribution in [0.15, 0.2) is 97.8 Å². The van der Waals surface area contributed by atoms with E-state index in [1.54, 1.807) is 24.8 Å². The van der Waals surface area contributed by atoms with Crippen molar-refractivity contribution in [2.24, 2.45) is 0 Å². The molecule has 136 valence electrons. The first-order chi connectivity index (χ1) is 13.9. The van der Waals surface area contributed by atoms with E-state index >= 15 is 0 Å². The maximum atomic E-state index is 4.68. The molecule has 2 aromatic heterocycles. The maximum absolute atomic E-state index is 4.68. The first-order valence-corrected chi connectivity index (χ1v) is 9.55. The highest BCUT2D eigenvalue weighted by atomic mass is 14.8. The molecule has 0 aliphatic heterocycles. The van der Waals surface area contributed by atoms with Crippen molar-refractivity contribution in [2.75, 3.05) is 0 Å². The normalized spacial score (nSPS) is 23.7. The topological polar surface area (TPSA) is 51.6 Å². The second-order valence-electron chi connectivity index (χ2n) is 7.19. The van der Waals surface area contributed by atoms with Gasteiger partial charge in [0, 0.05) is 60.9 Å². The molecule has 5 rings (SSSR count). The summed E-state index contributed by atoms with van der Waals surface area (Å²) in [5, 5.41) is 0. The maximum Gasteiger partial charge on any atom is 0.0630 e. The summed E-state index contributed by atoms with van der Waals surface area (Å²) in [5.41, 5.74) is 4.68. The lowest BCUT2D eigenvalue weighted by Crippen LogP contribution is -2.41. The van der Waals surface area contributed by atoms with Crippen LogP contribution in [0, 0.1) is 0 Å². The van der Waals surface area contributed by atoms with E-state index in [9.17, 15) is 0 Å². The van der Waals surface area contributed by atoms with Crippen LogP contribution in [0.25, 0.3) is 0 Å². The molecule has 2 heterocycles. The quantitative estimate of drug-likeness (QED) is 0.526. The summed E-state index contributed by atoms with van der Waals surface area (Å²) in [6.45, 7) is 0. The second-order valence-corrected chi connectivity index (χ2v) is 7.19. The fraction of sp³-hybridized carbons (Fsp3) is 0.167. The highest BCUT2D eigenvalue weighted by molar-refractivity contribution is 5.44. The molecule has 1 saturated carbocycles. The lowest BCUT2D eigenvalue weighted by atomic mass is 9.51. The number of aromatic nitrogens is 4. The highest BCUT2D eigenvalue weighted by Crippen LogP contribution is 2.65. The largest absolute Gasteiger partial charge is 0.261 e. The Morgan fingerprint density at radius 3 is 1.25 bits per heavy atom. The zero-order valence-electron chi connectivity index (χ0n) is 15.3. The molecule has 1 aliphatic carbocycles. The van der Waals surface area contributed by atoms with Crippen LogP contribution in [-0.2, 0) is 0 Å². The molecule has 0 bridgehead atoms. The summed E-state index contributed by atoms with van der Waals surface area (Å²) in [6.07, 6.45) is 10.9. The lowest BCUT2D eigenvalue weighted by Gasteiger charge is -2.52. The van der Waals surface area contributed by atoms with Crippen LogP contribution in [-0.4, -0.2) is 19.9 Å². The predicted molar refractivity (Wildman–Crippen MR) is 108 cm³/mol. The van der Waals surface area contributed by atoms with Gasteiger partial charge in [0.1, 0.15) is 0 Å². The zero-order chi connectivity index (χ0) is 18.8. The number of hydrogen-bond acceptors (Lipinski definition) is 4. The van der Waals surface area contributed by atoms with Crippen LogP contribution < -0.4 is 0 Å². The van der Waals surface area contributed by atoms with Crippen molar-refractivity contribution in [1.82, 2.24) is 19.9 Å². The Labute approximate surface area is 164 Å². The molecule has 0 atom stereocenters. The van der Waals surface area contributed by atoms with Crippen LogP contribution in [0.3, 0.4) is 0 Å². The van der Waals surface area contributed by atoms with E-state index in [0.717, 1.165) is 11.4 Å². The molecule has 0 N–H and O–H groups in total. The van der Waals surface area contributed by atoms with Crippen LogP contribution in [0.2, 0.25) is 0 Å². The second kappa shape index (κ2) is 7.31. The minimum atomic E-state index is 0.241. The van der Waals surface area contributed by atoms with Crippen LogP contribution in [0.4, 0.5) is 0 Å². The SMILES string of the molecule is c1ccc([C@H]2[C@H](c3cnccn3)[C@H](c3ccccc3)[C@H]2c2cnccn2)cc1. The van der Waals surface area contributed by atoms with Gasteiger partial charge in [-0.2, -0.15) is 0 Å². The summed E-state index contributed by atoms with van der Waals surface area (Å²) in [5.74, 6) is 1.04. The van der Waals surface area contributed by atoms with Gasteiger partial charge in [-0.15, -0.1) is 0 Å². The Kier molecular flexibility index (Phi) is 4.37. The Balaban J connectivity index is 1.67. The highest BCUT2D eigenvalue weighted by Gasteiger charge is 2.54. The number of hydrogen-bond donors (Lipinski definition) is 0. The van der Waals surface area contributed by atoms with Gasteiger partial charge in [0.25, 0.3) is 0 Å². The number of rotatable bonds is 4. The Morgan fingerprint density at radius 1 is 0.464 bits per heavy atom. The van der Waals surface area contributed by atoms with Crippen molar-refractivity contribution < 1.29 is 0 Å². The Hall–Kier alpha value is -3.40. The molecule has 28 heavy (non-hydrogen) atoms. The van der Waals surface area contributed by atoms with Crippen molar-refractivity contribution in [1.29, 1.82) is 0 Å².